The van der Waals surface area contributed by atoms with Crippen molar-refractivity contribution in [3.8, 4) is 45.3 Å². The number of benzene rings is 4. The molecule has 7 heteroatoms. The van der Waals surface area contributed by atoms with E-state index in [1.165, 1.54) is 0 Å². The number of rotatable bonds is 8. The van der Waals surface area contributed by atoms with Crippen molar-refractivity contribution < 1.29 is 61.9 Å². The third kappa shape index (κ3) is 23.4. The van der Waals surface area contributed by atoms with Crippen LogP contribution in [0.15, 0.2) is 97.1 Å². The van der Waals surface area contributed by atoms with E-state index < -0.39 is 0 Å². The van der Waals surface area contributed by atoms with E-state index in [1.54, 1.807) is 33.3 Å². The average Bonchev–Trinajstić information content (AvgIpc) is 3.05. The Morgan fingerprint density at radius 2 is 0.812 bits per heavy atom. The molecule has 0 aliphatic rings. The Kier molecular flexibility index (Phi) is 55.9. The summed E-state index contributed by atoms with van der Waals surface area (Å²) in [7, 11) is 3.29. The molecule has 0 aromatic heterocycles. The van der Waals surface area contributed by atoms with Gasteiger partial charge in [-0.2, -0.15) is 0 Å². The Balaban J connectivity index is -0.0000000833. The van der Waals surface area contributed by atoms with Crippen molar-refractivity contribution in [1.29, 1.82) is 0 Å². The van der Waals surface area contributed by atoms with Gasteiger partial charge in [-0.25, -0.2) is 0 Å². The molecule has 0 amide bonds. The predicted molar refractivity (Wildman–Crippen MR) is 212 cm³/mol. The summed E-state index contributed by atoms with van der Waals surface area (Å²) in [5.41, 5.74) is 4.12. The summed E-state index contributed by atoms with van der Waals surface area (Å²) in [4.78, 5) is 0. The van der Waals surface area contributed by atoms with Gasteiger partial charge in [0.05, 0.1) is 20.8 Å². The van der Waals surface area contributed by atoms with Crippen LogP contribution in [0.3, 0.4) is 0 Å². The van der Waals surface area contributed by atoms with E-state index in [-0.39, 0.29) is 90.7 Å². The first-order chi connectivity index (χ1) is 20.1. The maximum absolute atomic E-state index is 8.86. The first-order valence-corrected chi connectivity index (χ1v) is 14.1. The van der Waals surface area contributed by atoms with Crippen LogP contribution in [-0.2, 0) is 32.7 Å². The molecule has 0 fully saturated rings. The monoisotopic (exact) mass is 749 g/mol. The molecule has 4 aromatic rings. The van der Waals surface area contributed by atoms with Crippen LogP contribution in [0.25, 0.3) is 22.3 Å². The minimum atomic E-state index is -0.341. The fourth-order valence-electron chi connectivity index (χ4n) is 3.44. The summed E-state index contributed by atoms with van der Waals surface area (Å²) < 4.78 is 21.3. The number of methoxy groups -OCH3 is 2. The maximum Gasteiger partial charge on any atom is 0.186 e. The van der Waals surface area contributed by atoms with Gasteiger partial charge in [0.25, 0.3) is 0 Å². The van der Waals surface area contributed by atoms with Crippen LogP contribution in [0.4, 0.5) is 0 Å². The topological polar surface area (TPSA) is 77.4 Å². The third-order valence-corrected chi connectivity index (χ3v) is 5.06. The zero-order valence-electron chi connectivity index (χ0n) is 26.5. The molecule has 0 aliphatic carbocycles. The minimum Gasteiger partial charge on any atom is -0.497 e. The molecular formula is C41H72O6Y. The van der Waals surface area contributed by atoms with Crippen LogP contribution in [0.2, 0.25) is 0 Å². The second kappa shape index (κ2) is 42.1. The van der Waals surface area contributed by atoms with Crippen molar-refractivity contribution in [2.24, 2.45) is 0 Å². The molecule has 0 saturated heterocycles. The molecule has 48 heavy (non-hydrogen) atoms. The van der Waals surface area contributed by atoms with Gasteiger partial charge in [-0.3, -0.25) is 0 Å². The van der Waals surface area contributed by atoms with E-state index >= 15 is 0 Å². The second-order valence-corrected chi connectivity index (χ2v) is 7.48. The predicted octanol–water partition coefficient (Wildman–Crippen LogP) is 12.3. The normalized spacial score (nSPS) is 7.71. The fourth-order valence-corrected chi connectivity index (χ4v) is 3.44. The third-order valence-electron chi connectivity index (χ3n) is 5.06. The van der Waals surface area contributed by atoms with E-state index in [4.69, 9.17) is 29.2 Å². The summed E-state index contributed by atoms with van der Waals surface area (Å²) >= 11 is 0. The number of ether oxygens (including phenoxy) is 4. The molecule has 0 bridgehead atoms. The number of aliphatic hydroxyl groups is 2. The molecule has 1 radical (unpaired) electrons. The quantitative estimate of drug-likeness (QED) is 0.175. The zero-order chi connectivity index (χ0) is 30.9. The Labute approximate surface area is 322 Å². The van der Waals surface area contributed by atoms with Crippen LogP contribution in [0.5, 0.6) is 23.0 Å². The SMILES string of the molecule is C.C.C.C.C.C.CC.CC.CCO.CCOc1ccc(OC)cc1-c1ccccc1.COc1ccc(OCO)c(-c2ccccc2)c1.[Y]. The standard InChI is InChI=1S/C15H16O2.C14H14O3.C2H6O.2C2H6.6CH4.Y/c1-3-17-15-10-9-13(16-2)11-14(15)12-7-5-4-6-8-12;1-16-12-7-8-14(17-10-15)13(9-12)11-5-3-2-4-6-11;1-2-3;2*1-2;;;;;;;/h4-11H,3H2,1-2H3;2-9,15H,10H2,1H3;3H,2H2,1H3;2*1-2H3;6*1H4;. The molecule has 6 nitrogen and oxygen atoms in total. The van der Waals surface area contributed by atoms with E-state index in [2.05, 4.69) is 12.1 Å². The largest absolute Gasteiger partial charge is 0.497 e. The Morgan fingerprint density at radius 3 is 1.08 bits per heavy atom. The fraction of sp³-hybridized carbons (Fsp3) is 0.415. The average molecular weight is 750 g/mol. The van der Waals surface area contributed by atoms with E-state index in [1.807, 2.05) is 107 Å². The van der Waals surface area contributed by atoms with E-state index in [0.29, 0.717) is 12.4 Å². The number of aliphatic hydroxyl groups excluding tert-OH is 2. The van der Waals surface area contributed by atoms with Gasteiger partial charge < -0.3 is 29.2 Å². The van der Waals surface area contributed by atoms with E-state index in [0.717, 1.165) is 39.5 Å². The Hall–Kier alpha value is -2.90. The van der Waals surface area contributed by atoms with Gasteiger partial charge in [-0.05, 0) is 61.4 Å². The van der Waals surface area contributed by atoms with Crippen molar-refractivity contribution in [3.05, 3.63) is 97.1 Å². The van der Waals surface area contributed by atoms with Gasteiger partial charge in [0.2, 0.25) is 0 Å². The summed E-state index contributed by atoms with van der Waals surface area (Å²) in [6.45, 7) is 12.2. The van der Waals surface area contributed by atoms with Gasteiger partial charge in [0.15, 0.2) is 6.79 Å². The van der Waals surface area contributed by atoms with Crippen LogP contribution >= 0.6 is 0 Å². The molecule has 0 unspecified atom stereocenters. The van der Waals surface area contributed by atoms with Crippen LogP contribution in [0.1, 0.15) is 86.1 Å². The smallest absolute Gasteiger partial charge is 0.186 e. The van der Waals surface area contributed by atoms with Gasteiger partial charge in [-0.15, -0.1) is 0 Å². The molecule has 2 N–H and O–H groups in total. The molecule has 0 saturated carbocycles. The Bertz CT molecular complexity index is 1080. The summed E-state index contributed by atoms with van der Waals surface area (Å²) in [5, 5.41) is 16.4. The van der Waals surface area contributed by atoms with Crippen molar-refractivity contribution in [2.45, 2.75) is 86.1 Å². The Morgan fingerprint density at radius 1 is 0.500 bits per heavy atom. The molecule has 4 aromatic carbocycles. The number of hydrogen-bond donors (Lipinski definition) is 2. The molecule has 0 spiro atoms. The second-order valence-electron chi connectivity index (χ2n) is 7.48. The molecule has 0 heterocycles. The van der Waals surface area contributed by atoms with Crippen molar-refractivity contribution in [1.82, 2.24) is 0 Å². The van der Waals surface area contributed by atoms with Gasteiger partial charge in [0, 0.05) is 50.4 Å². The van der Waals surface area contributed by atoms with Crippen molar-refractivity contribution >= 4 is 0 Å². The maximum atomic E-state index is 8.86. The summed E-state index contributed by atoms with van der Waals surface area (Å²) in [6.07, 6.45) is 0. The first kappa shape index (κ1) is 63.7. The van der Waals surface area contributed by atoms with Gasteiger partial charge >= 0.3 is 0 Å². The molecule has 0 aliphatic heterocycles. The molecule has 4 rings (SSSR count). The van der Waals surface area contributed by atoms with E-state index in [9.17, 15) is 0 Å². The van der Waals surface area contributed by atoms with Crippen molar-refractivity contribution in [2.75, 3.05) is 34.2 Å². The van der Waals surface area contributed by atoms with Gasteiger partial charge in [-0.1, -0.05) is 133 Å². The van der Waals surface area contributed by atoms with Crippen molar-refractivity contribution in [3.63, 3.8) is 0 Å². The first-order valence-electron chi connectivity index (χ1n) is 14.1. The summed E-state index contributed by atoms with van der Waals surface area (Å²) in [5.74, 6) is 3.13. The zero-order valence-corrected chi connectivity index (χ0v) is 29.3. The molecule has 275 valence electrons. The van der Waals surface area contributed by atoms with Crippen LogP contribution in [0, 0.1) is 0 Å². The van der Waals surface area contributed by atoms with Crippen LogP contribution in [-0.4, -0.2) is 44.4 Å². The van der Waals surface area contributed by atoms with Crippen LogP contribution < -0.4 is 18.9 Å². The van der Waals surface area contributed by atoms with Gasteiger partial charge in [0.1, 0.15) is 23.0 Å². The minimum absolute atomic E-state index is 0. The molecule has 0 atom stereocenters. The summed E-state index contributed by atoms with van der Waals surface area (Å²) in [6, 6.07) is 31.4. The number of hydrogen-bond acceptors (Lipinski definition) is 6. The molecular weight excluding hydrogens is 677 g/mol.